The number of amides is 1. The van der Waals surface area contributed by atoms with Gasteiger partial charge < -0.3 is 9.64 Å². The van der Waals surface area contributed by atoms with Crippen molar-refractivity contribution in [1.82, 2.24) is 4.90 Å². The van der Waals surface area contributed by atoms with Gasteiger partial charge in [0.15, 0.2) is 6.29 Å². The molecule has 80 valence electrons. The van der Waals surface area contributed by atoms with Crippen molar-refractivity contribution in [1.29, 1.82) is 0 Å². The number of ether oxygens (including phenoxy) is 1. The molecule has 2 rings (SSSR count). The van der Waals surface area contributed by atoms with Crippen molar-refractivity contribution in [3.05, 3.63) is 21.4 Å². The van der Waals surface area contributed by atoms with Crippen LogP contribution in [0.25, 0.3) is 0 Å². The largest absolute Gasteiger partial charge is 0.453 e. The summed E-state index contributed by atoms with van der Waals surface area (Å²) < 4.78 is 4.66. The lowest BCUT2D eigenvalue weighted by molar-refractivity contribution is 0.112. The van der Waals surface area contributed by atoms with E-state index in [9.17, 15) is 9.59 Å². The Bertz CT molecular complexity index is 399. The minimum atomic E-state index is -0.306. The van der Waals surface area contributed by atoms with Gasteiger partial charge in [-0.25, -0.2) is 4.79 Å². The maximum absolute atomic E-state index is 11.3. The smallest absolute Gasteiger partial charge is 0.409 e. The molecular weight excluding hydrogens is 214 g/mol. The molecule has 1 aromatic heterocycles. The fourth-order valence-electron chi connectivity index (χ4n) is 1.70. The van der Waals surface area contributed by atoms with Gasteiger partial charge in [-0.15, -0.1) is 11.3 Å². The van der Waals surface area contributed by atoms with Gasteiger partial charge in [0.25, 0.3) is 0 Å². The Morgan fingerprint density at radius 3 is 3.13 bits per heavy atom. The van der Waals surface area contributed by atoms with Crippen molar-refractivity contribution in [2.75, 3.05) is 13.7 Å². The van der Waals surface area contributed by atoms with E-state index in [2.05, 4.69) is 4.74 Å². The van der Waals surface area contributed by atoms with Crippen LogP contribution < -0.4 is 0 Å². The monoisotopic (exact) mass is 225 g/mol. The number of carbonyl (C=O) groups is 2. The second kappa shape index (κ2) is 4.02. The van der Waals surface area contributed by atoms with Gasteiger partial charge in [-0.2, -0.15) is 0 Å². The SMILES string of the molecule is COC(=O)N1CCc2sc(C=O)cc2C1. The van der Waals surface area contributed by atoms with Gasteiger partial charge >= 0.3 is 6.09 Å². The van der Waals surface area contributed by atoms with E-state index >= 15 is 0 Å². The third-order valence-corrected chi connectivity index (χ3v) is 3.60. The molecule has 2 heterocycles. The zero-order valence-corrected chi connectivity index (χ0v) is 9.17. The number of methoxy groups -OCH3 is 1. The van der Waals surface area contributed by atoms with Crippen molar-refractivity contribution in [3.8, 4) is 0 Å². The lowest BCUT2D eigenvalue weighted by atomic mass is 10.1. The van der Waals surface area contributed by atoms with E-state index < -0.39 is 0 Å². The zero-order chi connectivity index (χ0) is 10.8. The molecule has 0 bridgehead atoms. The summed E-state index contributed by atoms with van der Waals surface area (Å²) in [5, 5.41) is 0. The van der Waals surface area contributed by atoms with Crippen LogP contribution >= 0.6 is 11.3 Å². The Kier molecular flexibility index (Phi) is 2.73. The number of hydrogen-bond acceptors (Lipinski definition) is 4. The summed E-state index contributed by atoms with van der Waals surface area (Å²) in [4.78, 5) is 25.5. The quantitative estimate of drug-likeness (QED) is 0.683. The van der Waals surface area contributed by atoms with Crippen LogP contribution in [0.1, 0.15) is 20.1 Å². The first kappa shape index (κ1) is 10.2. The van der Waals surface area contributed by atoms with Crippen LogP contribution in [0.4, 0.5) is 4.79 Å². The average molecular weight is 225 g/mol. The Morgan fingerprint density at radius 1 is 1.67 bits per heavy atom. The highest BCUT2D eigenvalue weighted by molar-refractivity contribution is 7.13. The van der Waals surface area contributed by atoms with Crippen molar-refractivity contribution in [2.45, 2.75) is 13.0 Å². The fraction of sp³-hybridized carbons (Fsp3) is 0.400. The lowest BCUT2D eigenvalue weighted by Gasteiger charge is -2.25. The highest BCUT2D eigenvalue weighted by Crippen LogP contribution is 2.27. The van der Waals surface area contributed by atoms with Crippen LogP contribution in [0.15, 0.2) is 6.07 Å². The van der Waals surface area contributed by atoms with E-state index in [0.717, 1.165) is 23.1 Å². The fourth-order valence-corrected chi connectivity index (χ4v) is 2.68. The summed E-state index contributed by atoms with van der Waals surface area (Å²) in [6, 6.07) is 1.85. The maximum atomic E-state index is 11.3. The third-order valence-electron chi connectivity index (χ3n) is 2.43. The number of aldehydes is 1. The van der Waals surface area contributed by atoms with Crippen molar-refractivity contribution in [2.24, 2.45) is 0 Å². The van der Waals surface area contributed by atoms with Crippen LogP contribution in [0.3, 0.4) is 0 Å². The number of fused-ring (bicyclic) bond motifs is 1. The van der Waals surface area contributed by atoms with E-state index in [4.69, 9.17) is 0 Å². The van der Waals surface area contributed by atoms with E-state index in [-0.39, 0.29) is 6.09 Å². The van der Waals surface area contributed by atoms with Gasteiger partial charge in [0.1, 0.15) is 0 Å². The molecule has 5 heteroatoms. The molecule has 0 spiro atoms. The predicted molar refractivity (Wildman–Crippen MR) is 56.2 cm³/mol. The first-order valence-electron chi connectivity index (χ1n) is 4.64. The maximum Gasteiger partial charge on any atom is 0.409 e. The summed E-state index contributed by atoms with van der Waals surface area (Å²) in [7, 11) is 1.38. The van der Waals surface area contributed by atoms with Crippen LogP contribution in [0, 0.1) is 0 Å². The van der Waals surface area contributed by atoms with E-state index in [0.29, 0.717) is 13.1 Å². The van der Waals surface area contributed by atoms with Crippen molar-refractivity contribution < 1.29 is 14.3 Å². The summed E-state index contributed by atoms with van der Waals surface area (Å²) in [6.07, 6.45) is 1.36. The lowest BCUT2D eigenvalue weighted by Crippen LogP contribution is -2.35. The molecule has 15 heavy (non-hydrogen) atoms. The van der Waals surface area contributed by atoms with Crippen molar-refractivity contribution in [3.63, 3.8) is 0 Å². The van der Waals surface area contributed by atoms with Crippen LogP contribution in [0.5, 0.6) is 0 Å². The molecule has 1 amide bonds. The van der Waals surface area contributed by atoms with Gasteiger partial charge in [-0.3, -0.25) is 4.79 Å². The number of hydrogen-bond donors (Lipinski definition) is 0. The summed E-state index contributed by atoms with van der Waals surface area (Å²) in [5.74, 6) is 0. The molecule has 1 aliphatic rings. The second-order valence-electron chi connectivity index (χ2n) is 3.36. The van der Waals surface area contributed by atoms with Crippen LogP contribution in [0.2, 0.25) is 0 Å². The second-order valence-corrected chi connectivity index (χ2v) is 4.52. The minimum Gasteiger partial charge on any atom is -0.453 e. The Balaban J connectivity index is 2.18. The molecule has 0 radical (unpaired) electrons. The molecule has 1 aromatic rings. The molecule has 0 atom stereocenters. The third kappa shape index (κ3) is 1.87. The van der Waals surface area contributed by atoms with Gasteiger partial charge in [0, 0.05) is 11.4 Å². The number of nitrogens with zero attached hydrogens (tertiary/aromatic N) is 1. The van der Waals surface area contributed by atoms with Crippen LogP contribution in [-0.4, -0.2) is 30.9 Å². The molecule has 0 aliphatic carbocycles. The first-order valence-corrected chi connectivity index (χ1v) is 5.46. The molecule has 1 aliphatic heterocycles. The minimum absolute atomic E-state index is 0.306. The van der Waals surface area contributed by atoms with E-state index in [1.807, 2.05) is 6.07 Å². The highest BCUT2D eigenvalue weighted by Gasteiger charge is 2.22. The Labute approximate surface area is 91.5 Å². The molecule has 0 unspecified atom stereocenters. The van der Waals surface area contributed by atoms with E-state index in [1.165, 1.54) is 23.3 Å². The van der Waals surface area contributed by atoms with Crippen molar-refractivity contribution >= 4 is 23.7 Å². The average Bonchev–Trinajstić information content (AvgIpc) is 2.69. The van der Waals surface area contributed by atoms with Gasteiger partial charge in [0.05, 0.1) is 18.5 Å². The number of rotatable bonds is 1. The predicted octanol–water partition coefficient (Wildman–Crippen LogP) is 1.69. The normalized spacial score (nSPS) is 14.6. The highest BCUT2D eigenvalue weighted by atomic mass is 32.1. The Morgan fingerprint density at radius 2 is 2.47 bits per heavy atom. The Hall–Kier alpha value is -1.36. The molecule has 0 fully saturated rings. The molecule has 0 N–H and O–H groups in total. The zero-order valence-electron chi connectivity index (χ0n) is 8.36. The number of carbonyl (C=O) groups excluding carboxylic acids is 2. The summed E-state index contributed by atoms with van der Waals surface area (Å²) in [6.45, 7) is 1.21. The number of thiophene rings is 1. The topological polar surface area (TPSA) is 46.6 Å². The molecule has 4 nitrogen and oxygen atoms in total. The molecule has 0 saturated carbocycles. The van der Waals surface area contributed by atoms with Gasteiger partial charge in [0.2, 0.25) is 0 Å². The molecule has 0 saturated heterocycles. The van der Waals surface area contributed by atoms with Gasteiger partial charge in [-0.05, 0) is 18.1 Å². The van der Waals surface area contributed by atoms with Crippen LogP contribution in [-0.2, 0) is 17.7 Å². The summed E-state index contributed by atoms with van der Waals surface area (Å²) in [5.41, 5.74) is 1.07. The standard InChI is InChI=1S/C10H11NO3S/c1-14-10(13)11-3-2-9-7(5-11)4-8(6-12)15-9/h4,6H,2-3,5H2,1H3. The van der Waals surface area contributed by atoms with Gasteiger partial charge in [-0.1, -0.05) is 0 Å². The first-order chi connectivity index (χ1) is 7.24. The summed E-state index contributed by atoms with van der Waals surface area (Å²) >= 11 is 1.51. The molecular formula is C10H11NO3S. The van der Waals surface area contributed by atoms with E-state index in [1.54, 1.807) is 4.90 Å². The molecule has 0 aromatic carbocycles.